The van der Waals surface area contributed by atoms with E-state index >= 15 is 0 Å². The first-order chi connectivity index (χ1) is 7.38. The minimum atomic E-state index is -0.388. The number of carbonyl (C=O) groups is 1. The molecule has 16 heavy (non-hydrogen) atoms. The molecular weight excluding hydrogens is 202 g/mol. The van der Waals surface area contributed by atoms with E-state index in [0.717, 1.165) is 18.9 Å². The minimum absolute atomic E-state index is 0.154. The molecule has 1 unspecified atom stereocenters. The van der Waals surface area contributed by atoms with Gasteiger partial charge < -0.3 is 10.1 Å². The van der Waals surface area contributed by atoms with Crippen LogP contribution in [-0.2, 0) is 9.53 Å². The number of nitrogens with one attached hydrogen (secondary N) is 1. The van der Waals surface area contributed by atoms with Crippen molar-refractivity contribution >= 4 is 5.97 Å². The number of rotatable bonds is 6. The Bertz CT molecular complexity index is 229. The molecule has 3 nitrogen and oxygen atoms in total. The van der Waals surface area contributed by atoms with Crippen LogP contribution in [-0.4, -0.2) is 24.2 Å². The van der Waals surface area contributed by atoms with E-state index in [0.29, 0.717) is 0 Å². The lowest BCUT2D eigenvalue weighted by atomic mass is 10.2. The first kappa shape index (κ1) is 13.5. The highest BCUT2D eigenvalue weighted by Gasteiger charge is 2.22. The number of hydrogen-bond donors (Lipinski definition) is 1. The van der Waals surface area contributed by atoms with Crippen LogP contribution in [0.15, 0.2) is 0 Å². The third-order valence-electron chi connectivity index (χ3n) is 2.70. The maximum absolute atomic E-state index is 11.6. The van der Waals surface area contributed by atoms with Gasteiger partial charge in [0.2, 0.25) is 0 Å². The van der Waals surface area contributed by atoms with Gasteiger partial charge in [0.1, 0.15) is 11.6 Å². The molecule has 0 bridgehead atoms. The van der Waals surface area contributed by atoms with Crippen molar-refractivity contribution in [3.05, 3.63) is 0 Å². The van der Waals surface area contributed by atoms with Crippen molar-refractivity contribution in [3.63, 3.8) is 0 Å². The molecule has 0 aromatic rings. The quantitative estimate of drug-likeness (QED) is 0.559. The molecule has 0 amide bonds. The Morgan fingerprint density at radius 1 is 1.44 bits per heavy atom. The summed E-state index contributed by atoms with van der Waals surface area (Å²) in [5, 5.41) is 3.21. The van der Waals surface area contributed by atoms with Crippen molar-refractivity contribution in [1.82, 2.24) is 5.32 Å². The maximum Gasteiger partial charge on any atom is 0.323 e. The molecule has 0 aromatic carbocycles. The lowest BCUT2D eigenvalue weighted by molar-refractivity contribution is -0.156. The van der Waals surface area contributed by atoms with E-state index in [1.54, 1.807) is 0 Å². The molecule has 94 valence electrons. The first-order valence-electron chi connectivity index (χ1n) is 6.35. The van der Waals surface area contributed by atoms with Gasteiger partial charge in [0.15, 0.2) is 0 Å². The summed E-state index contributed by atoms with van der Waals surface area (Å²) in [7, 11) is 0. The van der Waals surface area contributed by atoms with Gasteiger partial charge in [-0.3, -0.25) is 4.79 Å². The van der Waals surface area contributed by atoms with Crippen molar-refractivity contribution < 1.29 is 9.53 Å². The zero-order valence-electron chi connectivity index (χ0n) is 11.0. The summed E-state index contributed by atoms with van der Waals surface area (Å²) in [6.07, 6.45) is 5.27. The smallest absolute Gasteiger partial charge is 0.323 e. The van der Waals surface area contributed by atoms with Gasteiger partial charge in [0, 0.05) is 0 Å². The monoisotopic (exact) mass is 227 g/mol. The highest BCUT2D eigenvalue weighted by Crippen LogP contribution is 2.33. The summed E-state index contributed by atoms with van der Waals surface area (Å²) >= 11 is 0. The highest BCUT2D eigenvalue weighted by molar-refractivity contribution is 5.75. The van der Waals surface area contributed by atoms with E-state index < -0.39 is 0 Å². The normalized spacial score (nSPS) is 18.2. The molecular formula is C13H25NO2. The largest absolute Gasteiger partial charge is 0.459 e. The number of hydrogen-bond acceptors (Lipinski definition) is 3. The Morgan fingerprint density at radius 2 is 2.06 bits per heavy atom. The molecule has 1 rings (SSSR count). The predicted molar refractivity (Wildman–Crippen MR) is 65.3 cm³/mol. The van der Waals surface area contributed by atoms with Crippen LogP contribution in [0.2, 0.25) is 0 Å². The molecule has 3 heteroatoms. The Morgan fingerprint density at radius 3 is 2.56 bits per heavy atom. The molecule has 1 fully saturated rings. The van der Waals surface area contributed by atoms with Crippen molar-refractivity contribution in [2.24, 2.45) is 5.92 Å². The molecule has 0 spiro atoms. The number of carbonyl (C=O) groups excluding carboxylic acids is 1. The van der Waals surface area contributed by atoms with E-state index in [4.69, 9.17) is 4.74 Å². The molecule has 0 radical (unpaired) electrons. The van der Waals surface area contributed by atoms with E-state index in [-0.39, 0.29) is 17.6 Å². The molecule has 0 heterocycles. The maximum atomic E-state index is 11.6. The molecule has 1 N–H and O–H groups in total. The lowest BCUT2D eigenvalue weighted by Crippen LogP contribution is -2.39. The fraction of sp³-hybridized carbons (Fsp3) is 0.923. The van der Waals surface area contributed by atoms with Gasteiger partial charge in [0.05, 0.1) is 0 Å². The Labute approximate surface area is 98.9 Å². The van der Waals surface area contributed by atoms with Gasteiger partial charge >= 0.3 is 5.97 Å². The summed E-state index contributed by atoms with van der Waals surface area (Å²) in [5.74, 6) is 0.817. The second kappa shape index (κ2) is 5.67. The van der Waals surface area contributed by atoms with Crippen LogP contribution in [0.1, 0.15) is 53.4 Å². The van der Waals surface area contributed by atoms with Crippen LogP contribution in [0.3, 0.4) is 0 Å². The third-order valence-corrected chi connectivity index (χ3v) is 2.70. The van der Waals surface area contributed by atoms with Crippen molar-refractivity contribution in [1.29, 1.82) is 0 Å². The number of ether oxygens (including phenoxy) is 1. The average Bonchev–Trinajstić information content (AvgIpc) is 2.92. The zero-order chi connectivity index (χ0) is 12.2. The van der Waals surface area contributed by atoms with Crippen molar-refractivity contribution in [2.45, 2.75) is 65.0 Å². The third kappa shape index (κ3) is 6.11. The van der Waals surface area contributed by atoms with Crippen molar-refractivity contribution in [3.8, 4) is 0 Å². The zero-order valence-corrected chi connectivity index (χ0v) is 11.0. The SMILES string of the molecule is CC(NCCCC1CC1)C(=O)OC(C)(C)C. The van der Waals surface area contributed by atoms with Crippen molar-refractivity contribution in [2.75, 3.05) is 6.54 Å². The van der Waals surface area contributed by atoms with Gasteiger partial charge in [0.25, 0.3) is 0 Å². The van der Waals surface area contributed by atoms with Crippen LogP contribution in [0, 0.1) is 5.92 Å². The van der Waals surface area contributed by atoms with Crippen LogP contribution in [0.5, 0.6) is 0 Å². The van der Waals surface area contributed by atoms with Gasteiger partial charge in [-0.05, 0) is 53.0 Å². The standard InChI is InChI=1S/C13H25NO2/c1-10(12(15)16-13(2,3)4)14-9-5-6-11-7-8-11/h10-11,14H,5-9H2,1-4H3. The fourth-order valence-corrected chi connectivity index (χ4v) is 1.59. The van der Waals surface area contributed by atoms with E-state index in [2.05, 4.69) is 5.32 Å². The molecule has 0 saturated heterocycles. The Balaban J connectivity index is 2.07. The summed E-state index contributed by atoms with van der Waals surface area (Å²) in [6, 6.07) is -0.196. The van der Waals surface area contributed by atoms with Crippen LogP contribution >= 0.6 is 0 Å². The highest BCUT2D eigenvalue weighted by atomic mass is 16.6. The summed E-state index contributed by atoms with van der Waals surface area (Å²) in [6.45, 7) is 8.46. The molecule has 0 aliphatic heterocycles. The molecule has 1 aliphatic carbocycles. The number of esters is 1. The van der Waals surface area contributed by atoms with Crippen LogP contribution in [0.25, 0.3) is 0 Å². The molecule has 1 atom stereocenters. The minimum Gasteiger partial charge on any atom is -0.459 e. The summed E-state index contributed by atoms with van der Waals surface area (Å²) in [5.41, 5.74) is -0.388. The lowest BCUT2D eigenvalue weighted by Gasteiger charge is -2.22. The summed E-state index contributed by atoms with van der Waals surface area (Å²) in [4.78, 5) is 11.6. The van der Waals surface area contributed by atoms with Gasteiger partial charge in [-0.2, -0.15) is 0 Å². The van der Waals surface area contributed by atoms with E-state index in [1.807, 2.05) is 27.7 Å². The Kier molecular flexibility index (Phi) is 4.78. The molecule has 1 saturated carbocycles. The van der Waals surface area contributed by atoms with Gasteiger partial charge in [-0.1, -0.05) is 12.8 Å². The van der Waals surface area contributed by atoms with E-state index in [1.165, 1.54) is 19.3 Å². The van der Waals surface area contributed by atoms with Crippen LogP contribution in [0.4, 0.5) is 0 Å². The van der Waals surface area contributed by atoms with Crippen LogP contribution < -0.4 is 5.32 Å². The second-order valence-electron chi connectivity index (χ2n) is 5.79. The fourth-order valence-electron chi connectivity index (χ4n) is 1.59. The van der Waals surface area contributed by atoms with Gasteiger partial charge in [-0.25, -0.2) is 0 Å². The first-order valence-corrected chi connectivity index (χ1v) is 6.35. The second-order valence-corrected chi connectivity index (χ2v) is 5.79. The molecule has 0 aromatic heterocycles. The molecule has 1 aliphatic rings. The summed E-state index contributed by atoms with van der Waals surface area (Å²) < 4.78 is 5.29. The average molecular weight is 227 g/mol. The van der Waals surface area contributed by atoms with Gasteiger partial charge in [-0.15, -0.1) is 0 Å². The Hall–Kier alpha value is -0.570. The topological polar surface area (TPSA) is 38.3 Å². The van der Waals surface area contributed by atoms with E-state index in [9.17, 15) is 4.79 Å². The predicted octanol–water partition coefficient (Wildman–Crippen LogP) is 2.50.